The highest BCUT2D eigenvalue weighted by Crippen LogP contribution is 2.27. The molecule has 31 heavy (non-hydrogen) atoms. The lowest BCUT2D eigenvalue weighted by Crippen LogP contribution is -2.42. The van der Waals surface area contributed by atoms with Crippen molar-refractivity contribution in [3.63, 3.8) is 0 Å². The Morgan fingerprint density at radius 2 is 1.81 bits per heavy atom. The van der Waals surface area contributed by atoms with Crippen molar-refractivity contribution in [1.82, 2.24) is 9.55 Å². The molecule has 1 N–H and O–H groups in total. The first kappa shape index (κ1) is 21.4. The molecule has 1 saturated heterocycles. The average Bonchev–Trinajstić information content (AvgIpc) is 2.77. The molecule has 1 aliphatic rings. The smallest absolute Gasteiger partial charge is 0.329 e. The van der Waals surface area contributed by atoms with Crippen molar-refractivity contribution in [2.24, 2.45) is 13.0 Å². The van der Waals surface area contributed by atoms with Crippen molar-refractivity contribution in [3.8, 4) is 0 Å². The van der Waals surface area contributed by atoms with Gasteiger partial charge in [0, 0.05) is 31.6 Å². The van der Waals surface area contributed by atoms with E-state index in [0.29, 0.717) is 22.9 Å². The quantitative estimate of drug-likeness (QED) is 0.653. The van der Waals surface area contributed by atoms with Gasteiger partial charge < -0.3 is 4.90 Å². The van der Waals surface area contributed by atoms with Crippen molar-refractivity contribution in [3.05, 3.63) is 96.9 Å². The van der Waals surface area contributed by atoms with Gasteiger partial charge in [0.15, 0.2) is 0 Å². The maximum atomic E-state index is 13.4. The molecule has 4 rings (SSSR count). The second-order valence-electron chi connectivity index (χ2n) is 8.15. The molecule has 1 fully saturated rings. The number of aromatic nitrogens is 2. The summed E-state index contributed by atoms with van der Waals surface area (Å²) in [6.45, 7) is 1.51. The lowest BCUT2D eigenvalue weighted by atomic mass is 9.90. The Labute approximate surface area is 185 Å². The SMILES string of the molecule is Cn1c(=O)[nH]c(N2CCC(Cc3ccccc3)CC2)c(Cc2ccc(F)cc2Cl)c1=O. The zero-order chi connectivity index (χ0) is 22.0. The molecule has 0 bridgehead atoms. The van der Waals surface area contributed by atoms with Crippen LogP contribution in [0.1, 0.15) is 29.5 Å². The Balaban J connectivity index is 1.58. The van der Waals surface area contributed by atoms with Crippen LogP contribution >= 0.6 is 11.6 Å². The van der Waals surface area contributed by atoms with E-state index in [0.717, 1.165) is 36.9 Å². The van der Waals surface area contributed by atoms with E-state index >= 15 is 0 Å². The molecule has 2 aromatic carbocycles. The third-order valence-electron chi connectivity index (χ3n) is 6.06. The summed E-state index contributed by atoms with van der Waals surface area (Å²) >= 11 is 6.20. The van der Waals surface area contributed by atoms with Crippen LogP contribution in [-0.4, -0.2) is 22.6 Å². The number of hydrogen-bond acceptors (Lipinski definition) is 3. The molecule has 0 radical (unpaired) electrons. The van der Waals surface area contributed by atoms with Gasteiger partial charge in [-0.3, -0.25) is 14.3 Å². The number of halogens is 2. The van der Waals surface area contributed by atoms with E-state index in [4.69, 9.17) is 11.6 Å². The first-order valence-corrected chi connectivity index (χ1v) is 10.8. The number of aromatic amines is 1. The van der Waals surface area contributed by atoms with Gasteiger partial charge >= 0.3 is 5.69 Å². The van der Waals surface area contributed by atoms with Gasteiger partial charge in [-0.2, -0.15) is 0 Å². The maximum Gasteiger partial charge on any atom is 0.329 e. The highest BCUT2D eigenvalue weighted by molar-refractivity contribution is 6.31. The first-order chi connectivity index (χ1) is 14.9. The highest BCUT2D eigenvalue weighted by Gasteiger charge is 2.24. The monoisotopic (exact) mass is 441 g/mol. The molecule has 1 aliphatic heterocycles. The highest BCUT2D eigenvalue weighted by atomic mass is 35.5. The average molecular weight is 442 g/mol. The Bertz CT molecular complexity index is 1180. The summed E-state index contributed by atoms with van der Waals surface area (Å²) in [6, 6.07) is 14.6. The van der Waals surface area contributed by atoms with Crippen molar-refractivity contribution in [1.29, 1.82) is 0 Å². The molecule has 0 atom stereocenters. The van der Waals surface area contributed by atoms with Gasteiger partial charge in [-0.05, 0) is 48.4 Å². The van der Waals surface area contributed by atoms with E-state index < -0.39 is 11.5 Å². The van der Waals surface area contributed by atoms with Gasteiger partial charge in [-0.1, -0.05) is 48.0 Å². The zero-order valence-electron chi connectivity index (χ0n) is 17.4. The van der Waals surface area contributed by atoms with Gasteiger partial charge in [0.1, 0.15) is 11.6 Å². The predicted molar refractivity (Wildman–Crippen MR) is 122 cm³/mol. The number of piperidine rings is 1. The molecule has 0 spiro atoms. The summed E-state index contributed by atoms with van der Waals surface area (Å²) in [5.74, 6) is 0.683. The number of hydrogen-bond donors (Lipinski definition) is 1. The summed E-state index contributed by atoms with van der Waals surface area (Å²) < 4.78 is 14.5. The minimum Gasteiger partial charge on any atom is -0.358 e. The van der Waals surface area contributed by atoms with Crippen LogP contribution in [0.25, 0.3) is 0 Å². The van der Waals surface area contributed by atoms with Gasteiger partial charge in [-0.25, -0.2) is 9.18 Å². The summed E-state index contributed by atoms with van der Waals surface area (Å²) in [5.41, 5.74) is 1.64. The van der Waals surface area contributed by atoms with Crippen molar-refractivity contribution in [2.45, 2.75) is 25.7 Å². The number of nitrogens with one attached hydrogen (secondary N) is 1. The van der Waals surface area contributed by atoms with Gasteiger partial charge in [-0.15, -0.1) is 0 Å². The Hall–Kier alpha value is -2.86. The summed E-state index contributed by atoms with van der Waals surface area (Å²) in [7, 11) is 1.45. The second kappa shape index (κ2) is 9.10. The van der Waals surface area contributed by atoms with E-state index in [1.54, 1.807) is 6.07 Å². The topological polar surface area (TPSA) is 58.1 Å². The fraction of sp³-hybridized carbons (Fsp3) is 0.333. The predicted octanol–water partition coefficient (Wildman–Crippen LogP) is 3.92. The van der Waals surface area contributed by atoms with E-state index in [9.17, 15) is 14.0 Å². The van der Waals surface area contributed by atoms with Gasteiger partial charge in [0.2, 0.25) is 0 Å². The van der Waals surface area contributed by atoms with Crippen LogP contribution in [-0.2, 0) is 19.9 Å². The first-order valence-electron chi connectivity index (χ1n) is 10.5. The summed E-state index contributed by atoms with van der Waals surface area (Å²) in [5, 5.41) is 0.265. The number of anilines is 1. The van der Waals surface area contributed by atoms with Crippen molar-refractivity contribution >= 4 is 17.4 Å². The van der Waals surface area contributed by atoms with Crippen LogP contribution in [0, 0.1) is 11.7 Å². The molecule has 162 valence electrons. The minimum absolute atomic E-state index is 0.224. The zero-order valence-corrected chi connectivity index (χ0v) is 18.2. The molecule has 2 heterocycles. The van der Waals surface area contributed by atoms with Crippen molar-refractivity contribution < 1.29 is 4.39 Å². The Kier molecular flexibility index (Phi) is 6.28. The maximum absolute atomic E-state index is 13.4. The number of nitrogens with zero attached hydrogens (tertiary/aromatic N) is 2. The van der Waals surface area contributed by atoms with Crippen LogP contribution in [0.4, 0.5) is 10.2 Å². The molecular weight excluding hydrogens is 417 g/mol. The molecule has 0 saturated carbocycles. The van der Waals surface area contributed by atoms with E-state index in [2.05, 4.69) is 34.1 Å². The van der Waals surface area contributed by atoms with E-state index in [1.807, 2.05) is 6.07 Å². The Morgan fingerprint density at radius 1 is 1.10 bits per heavy atom. The molecular formula is C24H25ClFN3O2. The van der Waals surface area contributed by atoms with Crippen LogP contribution in [0.2, 0.25) is 5.02 Å². The molecule has 5 nitrogen and oxygen atoms in total. The van der Waals surface area contributed by atoms with Gasteiger partial charge in [0.25, 0.3) is 5.56 Å². The standard InChI is InChI=1S/C24H25ClFN3O2/c1-28-23(30)20(14-18-7-8-19(26)15-21(18)25)22(27-24(28)31)29-11-9-17(10-12-29)13-16-5-3-2-4-6-16/h2-8,15,17H,9-14H2,1H3,(H,27,31). The third kappa shape index (κ3) is 4.74. The Morgan fingerprint density at radius 3 is 2.48 bits per heavy atom. The molecule has 0 unspecified atom stereocenters. The van der Waals surface area contributed by atoms with Crippen molar-refractivity contribution in [2.75, 3.05) is 18.0 Å². The van der Waals surface area contributed by atoms with Crippen LogP contribution in [0.15, 0.2) is 58.1 Å². The number of benzene rings is 2. The number of H-pyrrole nitrogens is 1. The normalized spacial score (nSPS) is 14.7. The summed E-state index contributed by atoms with van der Waals surface area (Å²) in [4.78, 5) is 30.2. The minimum atomic E-state index is -0.444. The third-order valence-corrected chi connectivity index (χ3v) is 6.41. The molecule has 0 amide bonds. The summed E-state index contributed by atoms with van der Waals surface area (Å²) in [6.07, 6.45) is 3.20. The van der Waals surface area contributed by atoms with Gasteiger partial charge in [0.05, 0.1) is 5.56 Å². The lowest BCUT2D eigenvalue weighted by Gasteiger charge is -2.34. The fourth-order valence-electron chi connectivity index (χ4n) is 4.25. The fourth-order valence-corrected chi connectivity index (χ4v) is 4.48. The second-order valence-corrected chi connectivity index (χ2v) is 8.56. The van der Waals surface area contributed by atoms with Crippen LogP contribution in [0.3, 0.4) is 0 Å². The van der Waals surface area contributed by atoms with Crippen LogP contribution < -0.4 is 16.1 Å². The van der Waals surface area contributed by atoms with Crippen LogP contribution in [0.5, 0.6) is 0 Å². The largest absolute Gasteiger partial charge is 0.358 e. The van der Waals surface area contributed by atoms with E-state index in [-0.39, 0.29) is 17.0 Å². The molecule has 1 aromatic heterocycles. The lowest BCUT2D eigenvalue weighted by molar-refractivity contribution is 0.401. The molecule has 7 heteroatoms. The molecule has 3 aromatic rings. The number of rotatable bonds is 5. The molecule has 0 aliphatic carbocycles. The van der Waals surface area contributed by atoms with E-state index in [1.165, 1.54) is 24.7 Å².